The van der Waals surface area contributed by atoms with Crippen LogP contribution in [0.5, 0.6) is 0 Å². The maximum Gasteiger partial charge on any atom is 0.305 e. The lowest BCUT2D eigenvalue weighted by molar-refractivity contribution is -0.169. The molecule has 1 atom stereocenters. The van der Waals surface area contributed by atoms with Gasteiger partial charge in [0.15, 0.2) is 6.29 Å². The molecule has 0 aromatic carbocycles. The predicted molar refractivity (Wildman–Crippen MR) is 118 cm³/mol. The van der Waals surface area contributed by atoms with Crippen molar-refractivity contribution >= 4 is 5.97 Å². The van der Waals surface area contributed by atoms with Crippen LogP contribution in [0, 0.1) is 0 Å². The molecule has 1 aliphatic heterocycles. The number of hydrogen-bond acceptors (Lipinski definition) is 10. The standard InChI is InChI=1S/C22H42O11/c23-21(24)4-6-25-7-8-26-9-10-27-11-12-28-13-14-29-15-16-30-17-18-31-19-20-33-22-3-1-2-5-32-22/h22H,1-20H2,(H,23,24). The fraction of sp³-hybridized carbons (Fsp3) is 0.955. The van der Waals surface area contributed by atoms with Crippen molar-refractivity contribution in [3.63, 3.8) is 0 Å². The molecule has 33 heavy (non-hydrogen) atoms. The van der Waals surface area contributed by atoms with Gasteiger partial charge in [0.05, 0.1) is 106 Å². The normalized spacial score (nSPS) is 16.3. The Hall–Kier alpha value is -0.890. The molecule has 0 amide bonds. The van der Waals surface area contributed by atoms with E-state index in [0.717, 1.165) is 25.9 Å². The topological polar surface area (TPSA) is 120 Å². The first-order chi connectivity index (χ1) is 16.3. The molecule has 0 aromatic rings. The van der Waals surface area contributed by atoms with Gasteiger partial charge in [0.25, 0.3) is 0 Å². The molecule has 196 valence electrons. The predicted octanol–water partition coefficient (Wildman–Crippen LogP) is 1.12. The van der Waals surface area contributed by atoms with Gasteiger partial charge in [0.1, 0.15) is 0 Å². The Morgan fingerprint density at radius 2 is 1.00 bits per heavy atom. The van der Waals surface area contributed by atoms with Crippen LogP contribution in [-0.2, 0) is 47.4 Å². The highest BCUT2D eigenvalue weighted by molar-refractivity contribution is 5.66. The molecule has 0 bridgehead atoms. The van der Waals surface area contributed by atoms with Crippen molar-refractivity contribution < 1.29 is 52.5 Å². The van der Waals surface area contributed by atoms with E-state index in [1.54, 1.807) is 0 Å². The summed E-state index contributed by atoms with van der Waals surface area (Å²) in [7, 11) is 0. The molecule has 1 unspecified atom stereocenters. The summed E-state index contributed by atoms with van der Waals surface area (Å²) in [4.78, 5) is 10.3. The van der Waals surface area contributed by atoms with Crippen LogP contribution in [0.2, 0.25) is 0 Å². The zero-order valence-electron chi connectivity index (χ0n) is 19.7. The van der Waals surface area contributed by atoms with Gasteiger partial charge in [-0.1, -0.05) is 0 Å². The number of aliphatic carboxylic acids is 1. The van der Waals surface area contributed by atoms with E-state index < -0.39 is 5.97 Å². The number of ether oxygens (including phenoxy) is 9. The molecule has 1 aliphatic rings. The Labute approximate surface area is 196 Å². The fourth-order valence-electron chi connectivity index (χ4n) is 2.66. The Bertz CT molecular complexity index is 419. The molecule has 0 aliphatic carbocycles. The van der Waals surface area contributed by atoms with E-state index in [1.807, 2.05) is 0 Å². The lowest BCUT2D eigenvalue weighted by Gasteiger charge is -2.22. The minimum Gasteiger partial charge on any atom is -0.481 e. The van der Waals surface area contributed by atoms with E-state index in [2.05, 4.69) is 0 Å². The first-order valence-corrected chi connectivity index (χ1v) is 11.8. The van der Waals surface area contributed by atoms with E-state index >= 15 is 0 Å². The maximum atomic E-state index is 10.3. The van der Waals surface area contributed by atoms with Crippen LogP contribution in [0.1, 0.15) is 25.7 Å². The van der Waals surface area contributed by atoms with E-state index in [1.165, 1.54) is 0 Å². The summed E-state index contributed by atoms with van der Waals surface area (Å²) in [6.07, 6.45) is 3.19. The summed E-state index contributed by atoms with van der Waals surface area (Å²) >= 11 is 0. The molecule has 0 spiro atoms. The largest absolute Gasteiger partial charge is 0.481 e. The first kappa shape index (κ1) is 30.1. The smallest absolute Gasteiger partial charge is 0.305 e. The molecular formula is C22H42O11. The van der Waals surface area contributed by atoms with E-state index in [0.29, 0.717) is 92.5 Å². The Morgan fingerprint density at radius 3 is 1.36 bits per heavy atom. The Balaban J connectivity index is 1.63. The van der Waals surface area contributed by atoms with Gasteiger partial charge in [0.2, 0.25) is 0 Å². The zero-order chi connectivity index (χ0) is 23.7. The molecule has 1 saturated heterocycles. The van der Waals surface area contributed by atoms with Crippen LogP contribution < -0.4 is 0 Å². The number of rotatable bonds is 25. The van der Waals surface area contributed by atoms with Crippen LogP contribution in [0.3, 0.4) is 0 Å². The van der Waals surface area contributed by atoms with E-state index in [-0.39, 0.29) is 19.3 Å². The van der Waals surface area contributed by atoms with Crippen molar-refractivity contribution in [3.8, 4) is 0 Å². The van der Waals surface area contributed by atoms with Crippen molar-refractivity contribution in [1.29, 1.82) is 0 Å². The summed E-state index contributed by atoms with van der Waals surface area (Å²) in [5.74, 6) is -0.869. The Morgan fingerprint density at radius 1 is 0.606 bits per heavy atom. The summed E-state index contributed by atoms with van der Waals surface area (Å²) in [6, 6.07) is 0. The molecule has 11 heteroatoms. The number of hydrogen-bond donors (Lipinski definition) is 1. The molecule has 0 saturated carbocycles. The molecule has 11 nitrogen and oxygen atoms in total. The third-order valence-corrected chi connectivity index (χ3v) is 4.36. The van der Waals surface area contributed by atoms with E-state index in [4.69, 9.17) is 47.7 Å². The molecule has 0 radical (unpaired) electrons. The van der Waals surface area contributed by atoms with Gasteiger partial charge < -0.3 is 47.7 Å². The minimum atomic E-state index is -0.869. The highest BCUT2D eigenvalue weighted by atomic mass is 16.7. The highest BCUT2D eigenvalue weighted by Gasteiger charge is 2.13. The number of carboxylic acid groups (broad SMARTS) is 1. The third-order valence-electron chi connectivity index (χ3n) is 4.36. The monoisotopic (exact) mass is 482 g/mol. The quantitative estimate of drug-likeness (QED) is 0.188. The van der Waals surface area contributed by atoms with Gasteiger partial charge in [0, 0.05) is 6.61 Å². The molecule has 1 fully saturated rings. The second-order valence-electron chi connectivity index (χ2n) is 7.10. The molecule has 0 aromatic heterocycles. The molecule has 1 rings (SSSR count). The number of carbonyl (C=O) groups is 1. The third kappa shape index (κ3) is 22.7. The number of carboxylic acids is 1. The highest BCUT2D eigenvalue weighted by Crippen LogP contribution is 2.13. The zero-order valence-corrected chi connectivity index (χ0v) is 19.7. The van der Waals surface area contributed by atoms with Crippen molar-refractivity contribution in [3.05, 3.63) is 0 Å². The van der Waals surface area contributed by atoms with Crippen LogP contribution in [-0.4, -0.2) is 123 Å². The van der Waals surface area contributed by atoms with Crippen LogP contribution in [0.4, 0.5) is 0 Å². The fourth-order valence-corrected chi connectivity index (χ4v) is 2.66. The first-order valence-electron chi connectivity index (χ1n) is 11.8. The SMILES string of the molecule is O=C(O)CCOCCOCCOCCOCCOCCOCCOCCOC1CCCCO1. The summed E-state index contributed by atoms with van der Waals surface area (Å²) in [6.45, 7) is 7.86. The van der Waals surface area contributed by atoms with Crippen molar-refractivity contribution in [2.75, 3.05) is 106 Å². The van der Waals surface area contributed by atoms with Crippen molar-refractivity contribution in [2.45, 2.75) is 32.0 Å². The summed E-state index contributed by atoms with van der Waals surface area (Å²) in [5, 5.41) is 8.45. The second kappa shape index (κ2) is 24.2. The molecular weight excluding hydrogens is 440 g/mol. The van der Waals surface area contributed by atoms with Crippen LogP contribution in [0.15, 0.2) is 0 Å². The molecule has 1 heterocycles. The van der Waals surface area contributed by atoms with Gasteiger partial charge in [-0.05, 0) is 19.3 Å². The second-order valence-corrected chi connectivity index (χ2v) is 7.10. The summed E-state index contributed by atoms with van der Waals surface area (Å²) in [5.41, 5.74) is 0. The lowest BCUT2D eigenvalue weighted by Crippen LogP contribution is -2.24. The Kier molecular flexibility index (Phi) is 22.1. The average molecular weight is 483 g/mol. The summed E-state index contributed by atoms with van der Waals surface area (Å²) < 4.78 is 48.6. The lowest BCUT2D eigenvalue weighted by atomic mass is 10.2. The van der Waals surface area contributed by atoms with Gasteiger partial charge in [-0.2, -0.15) is 0 Å². The van der Waals surface area contributed by atoms with Crippen LogP contribution >= 0.6 is 0 Å². The van der Waals surface area contributed by atoms with Crippen molar-refractivity contribution in [1.82, 2.24) is 0 Å². The van der Waals surface area contributed by atoms with Crippen molar-refractivity contribution in [2.24, 2.45) is 0 Å². The van der Waals surface area contributed by atoms with E-state index in [9.17, 15) is 4.79 Å². The average Bonchev–Trinajstić information content (AvgIpc) is 2.82. The van der Waals surface area contributed by atoms with Crippen LogP contribution in [0.25, 0.3) is 0 Å². The molecule has 1 N–H and O–H groups in total. The maximum absolute atomic E-state index is 10.3. The van der Waals surface area contributed by atoms with Gasteiger partial charge >= 0.3 is 5.97 Å². The van der Waals surface area contributed by atoms with Gasteiger partial charge in [-0.15, -0.1) is 0 Å². The van der Waals surface area contributed by atoms with Gasteiger partial charge in [-0.25, -0.2) is 0 Å². The van der Waals surface area contributed by atoms with Gasteiger partial charge in [-0.3, -0.25) is 4.79 Å². The minimum absolute atomic E-state index is 0.00510.